The summed E-state index contributed by atoms with van der Waals surface area (Å²) in [6.45, 7) is 5.82. The molecule has 2 heterocycles. The Labute approximate surface area is 95.2 Å². The minimum atomic E-state index is 0.504. The van der Waals surface area contributed by atoms with Crippen LogP contribution in [-0.2, 0) is 0 Å². The lowest BCUT2D eigenvalue weighted by Gasteiger charge is -2.00. The second-order valence-corrected chi connectivity index (χ2v) is 4.39. The Morgan fingerprint density at radius 3 is 2.57 bits per heavy atom. The number of aryl methyl sites for hydroxylation is 3. The van der Waals surface area contributed by atoms with Gasteiger partial charge in [-0.2, -0.15) is 5.10 Å². The minimum Gasteiger partial charge on any atom is -0.232 e. The van der Waals surface area contributed by atoms with Gasteiger partial charge in [0, 0.05) is 4.47 Å². The van der Waals surface area contributed by atoms with Gasteiger partial charge < -0.3 is 0 Å². The zero-order chi connectivity index (χ0) is 10.5. The third-order valence-electron chi connectivity index (χ3n) is 2.23. The van der Waals surface area contributed by atoms with Gasteiger partial charge in [0.15, 0.2) is 5.15 Å². The number of rotatable bonds is 0. The first-order valence-electron chi connectivity index (χ1n) is 4.20. The fraction of sp³-hybridized carbons (Fsp3) is 0.333. The highest BCUT2D eigenvalue weighted by Gasteiger charge is 2.14. The molecule has 0 aliphatic heterocycles. The zero-order valence-electron chi connectivity index (χ0n) is 8.10. The van der Waals surface area contributed by atoms with Crippen molar-refractivity contribution < 1.29 is 0 Å². The highest BCUT2D eigenvalue weighted by Crippen LogP contribution is 2.30. The first-order valence-corrected chi connectivity index (χ1v) is 5.37. The molecule has 74 valence electrons. The molecule has 14 heavy (non-hydrogen) atoms. The van der Waals surface area contributed by atoms with Crippen LogP contribution in [0.2, 0.25) is 5.15 Å². The van der Waals surface area contributed by atoms with Gasteiger partial charge in [-0.3, -0.25) is 0 Å². The van der Waals surface area contributed by atoms with Crippen LogP contribution >= 0.6 is 27.5 Å². The van der Waals surface area contributed by atoms with E-state index < -0.39 is 0 Å². The molecule has 0 fully saturated rings. The first kappa shape index (κ1) is 9.93. The molecule has 0 aromatic carbocycles. The maximum atomic E-state index is 6.06. The maximum Gasteiger partial charge on any atom is 0.157 e. The molecule has 5 heteroatoms. The number of halogens is 2. The van der Waals surface area contributed by atoms with Gasteiger partial charge in [0.2, 0.25) is 0 Å². The highest BCUT2D eigenvalue weighted by molar-refractivity contribution is 9.10. The smallest absolute Gasteiger partial charge is 0.157 e. The van der Waals surface area contributed by atoms with E-state index in [2.05, 4.69) is 26.0 Å². The van der Waals surface area contributed by atoms with Crippen molar-refractivity contribution in [2.75, 3.05) is 0 Å². The molecule has 0 spiro atoms. The normalized spacial score (nSPS) is 11.2. The van der Waals surface area contributed by atoms with Crippen LogP contribution in [0.5, 0.6) is 0 Å². The van der Waals surface area contributed by atoms with Crippen LogP contribution in [0, 0.1) is 20.8 Å². The summed E-state index contributed by atoms with van der Waals surface area (Å²) in [5.74, 6) is 0.674. The fourth-order valence-electron chi connectivity index (χ4n) is 1.52. The molecule has 2 aromatic rings. The Balaban J connectivity index is 3.02. The molecular weight excluding hydrogens is 265 g/mol. The summed E-state index contributed by atoms with van der Waals surface area (Å²) < 4.78 is 2.86. The van der Waals surface area contributed by atoms with E-state index in [0.29, 0.717) is 11.0 Å². The monoisotopic (exact) mass is 273 g/mol. The minimum absolute atomic E-state index is 0.504. The van der Waals surface area contributed by atoms with E-state index in [1.807, 2.05) is 25.3 Å². The molecule has 0 aliphatic rings. The first-order chi connectivity index (χ1) is 6.52. The maximum absolute atomic E-state index is 6.06. The van der Waals surface area contributed by atoms with Gasteiger partial charge in [0.1, 0.15) is 11.3 Å². The average Bonchev–Trinajstić information content (AvgIpc) is 2.31. The lowest BCUT2D eigenvalue weighted by molar-refractivity contribution is 0.830. The Bertz CT molecular complexity index is 518. The second-order valence-electron chi connectivity index (χ2n) is 3.23. The molecule has 0 amide bonds. The Morgan fingerprint density at radius 1 is 1.29 bits per heavy atom. The lowest BCUT2D eigenvalue weighted by atomic mass is 10.3. The largest absolute Gasteiger partial charge is 0.232 e. The summed E-state index contributed by atoms with van der Waals surface area (Å²) in [4.78, 5) is 4.13. The van der Waals surface area contributed by atoms with E-state index in [0.717, 1.165) is 21.2 Å². The quantitative estimate of drug-likeness (QED) is 0.739. The van der Waals surface area contributed by atoms with Gasteiger partial charge in [0.05, 0.1) is 5.69 Å². The van der Waals surface area contributed by atoms with Crippen molar-refractivity contribution in [2.24, 2.45) is 0 Å². The van der Waals surface area contributed by atoms with Crippen LogP contribution in [0.25, 0.3) is 5.52 Å². The summed E-state index contributed by atoms with van der Waals surface area (Å²) in [6.07, 6.45) is 0. The molecule has 2 aromatic heterocycles. The fourth-order valence-corrected chi connectivity index (χ4v) is 2.22. The van der Waals surface area contributed by atoms with Crippen LogP contribution in [0.3, 0.4) is 0 Å². The van der Waals surface area contributed by atoms with Crippen molar-refractivity contribution in [3.05, 3.63) is 26.7 Å². The number of hydrogen-bond acceptors (Lipinski definition) is 2. The SMILES string of the molecule is Cc1nc(Cl)c2c(C)c(Br)c(C)n2n1. The van der Waals surface area contributed by atoms with Crippen LogP contribution in [0.4, 0.5) is 0 Å². The van der Waals surface area contributed by atoms with Crippen molar-refractivity contribution in [2.45, 2.75) is 20.8 Å². The molecule has 0 bridgehead atoms. The number of aromatic nitrogens is 3. The van der Waals surface area contributed by atoms with Crippen molar-refractivity contribution in [1.29, 1.82) is 0 Å². The molecule has 0 N–H and O–H groups in total. The third-order valence-corrected chi connectivity index (χ3v) is 3.66. The summed E-state index contributed by atoms with van der Waals surface area (Å²) in [7, 11) is 0. The molecule has 0 atom stereocenters. The van der Waals surface area contributed by atoms with E-state index in [4.69, 9.17) is 11.6 Å². The van der Waals surface area contributed by atoms with Crippen molar-refractivity contribution in [3.8, 4) is 0 Å². The number of hydrogen-bond donors (Lipinski definition) is 0. The van der Waals surface area contributed by atoms with E-state index in [9.17, 15) is 0 Å². The van der Waals surface area contributed by atoms with Gasteiger partial charge in [-0.05, 0) is 42.3 Å². The van der Waals surface area contributed by atoms with Crippen molar-refractivity contribution >= 4 is 33.0 Å². The van der Waals surface area contributed by atoms with Gasteiger partial charge in [-0.25, -0.2) is 9.50 Å². The predicted molar refractivity (Wildman–Crippen MR) is 59.9 cm³/mol. The molecule has 0 radical (unpaired) electrons. The lowest BCUT2D eigenvalue weighted by Crippen LogP contribution is -1.99. The van der Waals surface area contributed by atoms with Crippen LogP contribution in [0.15, 0.2) is 4.47 Å². The third kappa shape index (κ3) is 1.25. The topological polar surface area (TPSA) is 30.2 Å². The van der Waals surface area contributed by atoms with Crippen molar-refractivity contribution in [1.82, 2.24) is 14.6 Å². The Hall–Kier alpha value is -0.610. The molecule has 3 nitrogen and oxygen atoms in total. The highest BCUT2D eigenvalue weighted by atomic mass is 79.9. The van der Waals surface area contributed by atoms with Gasteiger partial charge in [-0.15, -0.1) is 0 Å². The van der Waals surface area contributed by atoms with Gasteiger partial charge in [0.25, 0.3) is 0 Å². The van der Waals surface area contributed by atoms with Crippen LogP contribution < -0.4 is 0 Å². The Morgan fingerprint density at radius 2 is 1.93 bits per heavy atom. The molecule has 2 rings (SSSR count). The van der Waals surface area contributed by atoms with Gasteiger partial charge in [-0.1, -0.05) is 11.6 Å². The Kier molecular flexibility index (Phi) is 2.27. The van der Waals surface area contributed by atoms with Crippen LogP contribution in [-0.4, -0.2) is 14.6 Å². The van der Waals surface area contributed by atoms with E-state index in [1.54, 1.807) is 0 Å². The molecule has 0 saturated carbocycles. The van der Waals surface area contributed by atoms with Crippen molar-refractivity contribution in [3.63, 3.8) is 0 Å². The summed E-state index contributed by atoms with van der Waals surface area (Å²) in [5, 5.41) is 4.81. The van der Waals surface area contributed by atoms with E-state index in [1.165, 1.54) is 0 Å². The summed E-state index contributed by atoms with van der Waals surface area (Å²) >= 11 is 9.56. The predicted octanol–water partition coefficient (Wildman–Crippen LogP) is 3.07. The molecular formula is C9H9BrClN3. The number of fused-ring (bicyclic) bond motifs is 1. The number of nitrogens with zero attached hydrogens (tertiary/aromatic N) is 3. The zero-order valence-corrected chi connectivity index (χ0v) is 10.4. The summed E-state index contributed by atoms with van der Waals surface area (Å²) in [6, 6.07) is 0. The van der Waals surface area contributed by atoms with E-state index in [-0.39, 0.29) is 0 Å². The molecule has 0 saturated heterocycles. The molecule has 0 aliphatic carbocycles. The van der Waals surface area contributed by atoms with Gasteiger partial charge >= 0.3 is 0 Å². The summed E-state index contributed by atoms with van der Waals surface area (Å²) in [5.41, 5.74) is 3.00. The second kappa shape index (κ2) is 3.21. The molecule has 0 unspecified atom stereocenters. The van der Waals surface area contributed by atoms with Crippen LogP contribution in [0.1, 0.15) is 17.1 Å². The average molecular weight is 275 g/mol. The van der Waals surface area contributed by atoms with E-state index >= 15 is 0 Å². The standard InChI is InChI=1S/C9H9BrClN3/c1-4-7(10)5(2)14-8(4)9(11)12-6(3)13-14/h1-3H3.